The standard InChI is InChI=1S/C16H15N3O3/c1-21-13-6-4-11(5-7-13)14-9-15(22-19-14)16(20)18-12-3-2-8-17-10-12/h2-8,10,15H,9H2,1H3,(H,18,20)/t15-/m1/s1. The zero-order valence-corrected chi connectivity index (χ0v) is 12.0. The molecule has 1 atom stereocenters. The number of hydrogen-bond acceptors (Lipinski definition) is 5. The van der Waals surface area contributed by atoms with E-state index in [1.807, 2.05) is 24.3 Å². The number of rotatable bonds is 4. The molecule has 6 heteroatoms. The number of aromatic nitrogens is 1. The van der Waals surface area contributed by atoms with E-state index in [2.05, 4.69) is 15.5 Å². The van der Waals surface area contributed by atoms with Gasteiger partial charge in [-0.05, 0) is 42.0 Å². The topological polar surface area (TPSA) is 72.8 Å². The summed E-state index contributed by atoms with van der Waals surface area (Å²) < 4.78 is 5.12. The van der Waals surface area contributed by atoms with Crippen molar-refractivity contribution in [1.29, 1.82) is 0 Å². The Bertz CT molecular complexity index is 684. The molecule has 0 unspecified atom stereocenters. The van der Waals surface area contributed by atoms with Gasteiger partial charge in [0.05, 0.1) is 24.7 Å². The maximum Gasteiger partial charge on any atom is 0.268 e. The van der Waals surface area contributed by atoms with Crippen LogP contribution in [0.4, 0.5) is 5.69 Å². The third-order valence-corrected chi connectivity index (χ3v) is 3.31. The summed E-state index contributed by atoms with van der Waals surface area (Å²) in [5, 5.41) is 6.76. The highest BCUT2D eigenvalue weighted by Crippen LogP contribution is 2.20. The second-order valence-electron chi connectivity index (χ2n) is 4.80. The molecule has 0 aliphatic carbocycles. The Balaban J connectivity index is 1.62. The van der Waals surface area contributed by atoms with Crippen molar-refractivity contribution in [1.82, 2.24) is 4.98 Å². The Kier molecular flexibility index (Phi) is 4.00. The minimum absolute atomic E-state index is 0.236. The Morgan fingerprint density at radius 1 is 1.32 bits per heavy atom. The lowest BCUT2D eigenvalue weighted by atomic mass is 10.0. The maximum atomic E-state index is 12.1. The number of nitrogens with zero attached hydrogens (tertiary/aromatic N) is 2. The predicted octanol–water partition coefficient (Wildman–Crippen LogP) is 2.22. The molecule has 3 rings (SSSR count). The van der Waals surface area contributed by atoms with Gasteiger partial charge in [0.2, 0.25) is 6.10 Å². The normalized spacial score (nSPS) is 16.6. The Labute approximate surface area is 127 Å². The molecule has 6 nitrogen and oxygen atoms in total. The molecule has 112 valence electrons. The lowest BCUT2D eigenvalue weighted by molar-refractivity contribution is -0.125. The average Bonchev–Trinajstić information content (AvgIpc) is 3.06. The van der Waals surface area contributed by atoms with Crippen LogP contribution in [0.3, 0.4) is 0 Å². The van der Waals surface area contributed by atoms with Gasteiger partial charge in [-0.15, -0.1) is 0 Å². The van der Waals surface area contributed by atoms with Crippen LogP contribution < -0.4 is 10.1 Å². The highest BCUT2D eigenvalue weighted by atomic mass is 16.6. The number of pyridine rings is 1. The molecule has 0 saturated carbocycles. The first kappa shape index (κ1) is 14.1. The molecule has 22 heavy (non-hydrogen) atoms. The molecule has 0 fully saturated rings. The number of oxime groups is 1. The maximum absolute atomic E-state index is 12.1. The van der Waals surface area contributed by atoms with Crippen molar-refractivity contribution in [3.8, 4) is 5.75 Å². The SMILES string of the molecule is COc1ccc(C2=NO[C@@H](C(=O)Nc3cccnc3)C2)cc1. The monoisotopic (exact) mass is 297 g/mol. The fraction of sp³-hybridized carbons (Fsp3) is 0.188. The quantitative estimate of drug-likeness (QED) is 0.939. The molecule has 0 bridgehead atoms. The van der Waals surface area contributed by atoms with Crippen LogP contribution in [0.15, 0.2) is 53.9 Å². The average molecular weight is 297 g/mol. The van der Waals surface area contributed by atoms with Crippen LogP contribution in [-0.2, 0) is 9.63 Å². The first-order valence-corrected chi connectivity index (χ1v) is 6.84. The number of benzene rings is 1. The van der Waals surface area contributed by atoms with Crippen molar-refractivity contribution in [2.24, 2.45) is 5.16 Å². The first-order valence-electron chi connectivity index (χ1n) is 6.84. The van der Waals surface area contributed by atoms with Crippen LogP contribution in [0.1, 0.15) is 12.0 Å². The Morgan fingerprint density at radius 2 is 2.14 bits per heavy atom. The highest BCUT2D eigenvalue weighted by Gasteiger charge is 2.28. The van der Waals surface area contributed by atoms with Crippen molar-refractivity contribution in [2.45, 2.75) is 12.5 Å². The Morgan fingerprint density at radius 3 is 2.82 bits per heavy atom. The molecular weight excluding hydrogens is 282 g/mol. The van der Waals surface area contributed by atoms with Gasteiger partial charge in [0.25, 0.3) is 5.91 Å². The summed E-state index contributed by atoms with van der Waals surface area (Å²) in [6.07, 6.45) is 3.03. The second-order valence-corrected chi connectivity index (χ2v) is 4.80. The molecule has 0 spiro atoms. The summed E-state index contributed by atoms with van der Waals surface area (Å²) in [7, 11) is 1.62. The van der Waals surface area contributed by atoms with Crippen LogP contribution in [-0.4, -0.2) is 29.8 Å². The van der Waals surface area contributed by atoms with E-state index in [0.29, 0.717) is 12.1 Å². The fourth-order valence-electron chi connectivity index (χ4n) is 2.13. The van der Waals surface area contributed by atoms with Gasteiger partial charge < -0.3 is 14.9 Å². The summed E-state index contributed by atoms with van der Waals surface area (Å²) in [6.45, 7) is 0. The van der Waals surface area contributed by atoms with Crippen molar-refractivity contribution < 1.29 is 14.4 Å². The van der Waals surface area contributed by atoms with Gasteiger partial charge in [-0.25, -0.2) is 0 Å². The van der Waals surface area contributed by atoms with E-state index < -0.39 is 6.10 Å². The number of ether oxygens (including phenoxy) is 1. The number of carbonyl (C=O) groups is 1. The smallest absolute Gasteiger partial charge is 0.268 e. The fourth-order valence-corrected chi connectivity index (χ4v) is 2.13. The molecule has 1 aliphatic heterocycles. The molecule has 1 aromatic heterocycles. The van der Waals surface area contributed by atoms with Gasteiger partial charge in [-0.2, -0.15) is 0 Å². The van der Waals surface area contributed by atoms with Crippen molar-refractivity contribution in [3.63, 3.8) is 0 Å². The van der Waals surface area contributed by atoms with Gasteiger partial charge >= 0.3 is 0 Å². The lowest BCUT2D eigenvalue weighted by Crippen LogP contribution is -2.28. The third kappa shape index (κ3) is 3.06. The second kappa shape index (κ2) is 6.26. The molecular formula is C16H15N3O3. The van der Waals surface area contributed by atoms with Crippen LogP contribution in [0.25, 0.3) is 0 Å². The van der Waals surface area contributed by atoms with E-state index in [9.17, 15) is 4.79 Å². The van der Waals surface area contributed by atoms with E-state index in [1.54, 1.807) is 31.6 Å². The zero-order chi connectivity index (χ0) is 15.4. The van der Waals surface area contributed by atoms with Gasteiger partial charge in [0, 0.05) is 12.6 Å². The minimum Gasteiger partial charge on any atom is -0.497 e. The molecule has 2 heterocycles. The van der Waals surface area contributed by atoms with Gasteiger partial charge in [0.1, 0.15) is 5.75 Å². The first-order chi connectivity index (χ1) is 10.8. The van der Waals surface area contributed by atoms with Crippen molar-refractivity contribution in [2.75, 3.05) is 12.4 Å². The lowest BCUT2D eigenvalue weighted by Gasteiger charge is -2.08. The summed E-state index contributed by atoms with van der Waals surface area (Å²) in [6, 6.07) is 11.0. The van der Waals surface area contributed by atoms with E-state index in [4.69, 9.17) is 9.57 Å². The molecule has 1 aromatic carbocycles. The van der Waals surface area contributed by atoms with Gasteiger partial charge in [-0.1, -0.05) is 5.16 Å². The number of nitrogens with one attached hydrogen (secondary N) is 1. The van der Waals surface area contributed by atoms with E-state index in [1.165, 1.54) is 0 Å². The number of amides is 1. The van der Waals surface area contributed by atoms with Crippen molar-refractivity contribution >= 4 is 17.3 Å². The predicted molar refractivity (Wildman–Crippen MR) is 81.9 cm³/mol. The van der Waals surface area contributed by atoms with Gasteiger partial charge in [0.15, 0.2) is 0 Å². The van der Waals surface area contributed by atoms with Crippen LogP contribution in [0, 0.1) is 0 Å². The third-order valence-electron chi connectivity index (χ3n) is 3.31. The molecule has 1 amide bonds. The van der Waals surface area contributed by atoms with Crippen LogP contribution in [0.2, 0.25) is 0 Å². The highest BCUT2D eigenvalue weighted by molar-refractivity contribution is 6.06. The largest absolute Gasteiger partial charge is 0.497 e. The number of hydrogen-bond donors (Lipinski definition) is 1. The van der Waals surface area contributed by atoms with Crippen LogP contribution >= 0.6 is 0 Å². The number of carbonyl (C=O) groups excluding carboxylic acids is 1. The molecule has 0 saturated heterocycles. The zero-order valence-electron chi connectivity index (χ0n) is 12.0. The molecule has 0 radical (unpaired) electrons. The van der Waals surface area contributed by atoms with E-state index in [0.717, 1.165) is 17.0 Å². The minimum atomic E-state index is -0.627. The van der Waals surface area contributed by atoms with Crippen molar-refractivity contribution in [3.05, 3.63) is 54.4 Å². The molecule has 1 aliphatic rings. The number of anilines is 1. The van der Waals surface area contributed by atoms with E-state index >= 15 is 0 Å². The summed E-state index contributed by atoms with van der Waals surface area (Å²) >= 11 is 0. The van der Waals surface area contributed by atoms with Gasteiger partial charge in [-0.3, -0.25) is 9.78 Å². The molecule has 1 N–H and O–H groups in total. The number of methoxy groups -OCH3 is 1. The summed E-state index contributed by atoms with van der Waals surface area (Å²) in [5.41, 5.74) is 2.29. The molecule has 2 aromatic rings. The van der Waals surface area contributed by atoms with Crippen LogP contribution in [0.5, 0.6) is 5.75 Å². The Hall–Kier alpha value is -2.89. The summed E-state index contributed by atoms with van der Waals surface area (Å²) in [5.74, 6) is 0.536. The van der Waals surface area contributed by atoms with E-state index in [-0.39, 0.29) is 5.91 Å². The summed E-state index contributed by atoms with van der Waals surface area (Å²) in [4.78, 5) is 21.3.